The molecule has 1 aromatic rings. The van der Waals surface area contributed by atoms with Gasteiger partial charge in [0, 0.05) is 17.3 Å². The molecule has 2 aliphatic heterocycles. The molecule has 1 spiro atoms. The minimum Gasteiger partial charge on any atom is -0.394 e. The van der Waals surface area contributed by atoms with Gasteiger partial charge in [0.05, 0.1) is 42.2 Å². The Morgan fingerprint density at radius 1 is 1.02 bits per heavy atom. The molecular formula is C39H54O7. The second-order valence-corrected chi connectivity index (χ2v) is 16.7. The Morgan fingerprint density at radius 3 is 2.41 bits per heavy atom. The first-order chi connectivity index (χ1) is 21.7. The van der Waals surface area contributed by atoms with E-state index in [9.17, 15) is 25.2 Å². The molecule has 1 aromatic carbocycles. The lowest BCUT2D eigenvalue weighted by Gasteiger charge is -2.61. The van der Waals surface area contributed by atoms with E-state index in [1.165, 1.54) is 5.56 Å². The van der Waals surface area contributed by atoms with Crippen molar-refractivity contribution in [1.29, 1.82) is 0 Å². The van der Waals surface area contributed by atoms with Crippen LogP contribution in [0.2, 0.25) is 0 Å². The molecule has 0 radical (unpaired) electrons. The smallest absolute Gasteiger partial charge is 0.159 e. The van der Waals surface area contributed by atoms with Crippen LogP contribution in [0.5, 0.6) is 0 Å². The van der Waals surface area contributed by atoms with E-state index < -0.39 is 40.3 Å². The molecule has 14 atom stereocenters. The van der Waals surface area contributed by atoms with Crippen LogP contribution < -0.4 is 0 Å². The zero-order valence-electron chi connectivity index (χ0n) is 28.2. The lowest BCUT2D eigenvalue weighted by Crippen LogP contribution is -2.63. The summed E-state index contributed by atoms with van der Waals surface area (Å²) in [5, 5.41) is 46.3. The molecule has 0 bridgehead atoms. The molecule has 3 saturated carbocycles. The summed E-state index contributed by atoms with van der Waals surface area (Å²) in [4.78, 5) is 14.1. The quantitative estimate of drug-likeness (QED) is 0.333. The number of benzene rings is 1. The number of hydrogen-bond acceptors (Lipinski definition) is 7. The minimum absolute atomic E-state index is 0.0418. The Bertz CT molecular complexity index is 1400. The van der Waals surface area contributed by atoms with Gasteiger partial charge in [-0.25, -0.2) is 0 Å². The van der Waals surface area contributed by atoms with Gasteiger partial charge in [0.2, 0.25) is 0 Å². The molecule has 1 saturated heterocycles. The molecule has 46 heavy (non-hydrogen) atoms. The van der Waals surface area contributed by atoms with Gasteiger partial charge in [-0.3, -0.25) is 4.79 Å². The zero-order chi connectivity index (χ0) is 32.9. The van der Waals surface area contributed by atoms with Crippen molar-refractivity contribution < 1.29 is 34.7 Å². The van der Waals surface area contributed by atoms with Gasteiger partial charge in [0.25, 0.3) is 0 Å². The molecule has 7 heteroatoms. The summed E-state index contributed by atoms with van der Waals surface area (Å²) in [5.74, 6) is -0.185. The Labute approximate surface area is 274 Å². The summed E-state index contributed by atoms with van der Waals surface area (Å²) in [6.07, 6.45) is 8.97. The Balaban J connectivity index is 1.14. The average molecular weight is 635 g/mol. The van der Waals surface area contributed by atoms with Crippen LogP contribution in [0.1, 0.15) is 91.0 Å². The fourth-order valence-electron chi connectivity index (χ4n) is 11.3. The van der Waals surface area contributed by atoms with Crippen LogP contribution in [-0.2, 0) is 14.3 Å². The Kier molecular flexibility index (Phi) is 7.87. The molecule has 7 nitrogen and oxygen atoms in total. The standard InChI is InChI=1S/C39H54O7/c1-23-24(2)33(46-31(23)21-40)34(42)37(5,43)32-13-16-39(44)28-19-30(41)29-20-38(15-11-26(22-45-38)25-9-7-6-8-10-25)18-17-35(29,3)27(28)12-14-36(32,39)4/h6-11,15,19,23-24,26-27,29,31-34,40,42-44H,12-14,16-18,20-22H2,1-5H3/t23-,24+,26-,27+,29+,31-,32+,33-,34+,35+,36+,37-,38-,39-/m0/s1. The molecular weight excluding hydrogens is 580 g/mol. The van der Waals surface area contributed by atoms with Crippen molar-refractivity contribution in [2.75, 3.05) is 13.2 Å². The molecule has 4 aliphatic carbocycles. The summed E-state index contributed by atoms with van der Waals surface area (Å²) < 4.78 is 12.7. The van der Waals surface area contributed by atoms with Crippen molar-refractivity contribution in [3.05, 3.63) is 59.7 Å². The molecule has 4 N–H and O–H groups in total. The largest absolute Gasteiger partial charge is 0.394 e. The van der Waals surface area contributed by atoms with E-state index in [1.54, 1.807) is 13.0 Å². The second kappa shape index (κ2) is 11.1. The summed E-state index contributed by atoms with van der Waals surface area (Å²) >= 11 is 0. The predicted molar refractivity (Wildman–Crippen MR) is 175 cm³/mol. The highest BCUT2D eigenvalue weighted by Crippen LogP contribution is 2.69. The van der Waals surface area contributed by atoms with Gasteiger partial charge < -0.3 is 29.9 Å². The normalized spacial score (nSPS) is 48.7. The van der Waals surface area contributed by atoms with E-state index in [2.05, 4.69) is 50.3 Å². The van der Waals surface area contributed by atoms with Crippen LogP contribution in [0.4, 0.5) is 0 Å². The van der Waals surface area contributed by atoms with Crippen molar-refractivity contribution in [2.24, 2.45) is 40.4 Å². The van der Waals surface area contributed by atoms with Gasteiger partial charge in [-0.2, -0.15) is 0 Å². The molecule has 7 rings (SSSR count). The fourth-order valence-corrected chi connectivity index (χ4v) is 11.3. The Hall–Kier alpha value is -1.87. The van der Waals surface area contributed by atoms with Crippen LogP contribution in [0.25, 0.3) is 0 Å². The number of aliphatic hydroxyl groups is 4. The molecule has 0 aromatic heterocycles. The fraction of sp³-hybridized carbons (Fsp3) is 0.718. The maximum absolute atomic E-state index is 14.1. The van der Waals surface area contributed by atoms with E-state index in [1.807, 2.05) is 19.9 Å². The van der Waals surface area contributed by atoms with E-state index in [-0.39, 0.29) is 53.5 Å². The molecule has 2 heterocycles. The van der Waals surface area contributed by atoms with Gasteiger partial charge in [0.15, 0.2) is 5.78 Å². The number of ketones is 1. The number of fused-ring (bicyclic) bond motifs is 5. The summed E-state index contributed by atoms with van der Waals surface area (Å²) in [6.45, 7) is 10.5. The highest BCUT2D eigenvalue weighted by molar-refractivity contribution is 5.95. The van der Waals surface area contributed by atoms with E-state index >= 15 is 0 Å². The SMILES string of the molecule is C[C@@H]1[C@H](C)[C@H](CO)O[C@@H]1[C@@H](O)[C@@](C)(O)[C@@H]1CC[C@]2(O)C3=CC(=O)[C@H]4C[C@]5(C=C[C@H](c6ccccc6)CO5)CC[C@]4(C)[C@@H]3CC[C@]12C. The van der Waals surface area contributed by atoms with Crippen molar-refractivity contribution in [2.45, 2.75) is 121 Å². The molecule has 0 unspecified atom stereocenters. The van der Waals surface area contributed by atoms with Crippen molar-refractivity contribution in [1.82, 2.24) is 0 Å². The number of hydrogen-bond donors (Lipinski definition) is 4. The average Bonchev–Trinajstić information content (AvgIpc) is 3.50. The van der Waals surface area contributed by atoms with Crippen molar-refractivity contribution >= 4 is 5.78 Å². The third kappa shape index (κ3) is 4.55. The zero-order valence-corrected chi connectivity index (χ0v) is 28.2. The number of carbonyl (C=O) groups is 1. The molecule has 6 aliphatic rings. The third-order valence-electron chi connectivity index (χ3n) is 14.7. The lowest BCUT2D eigenvalue weighted by molar-refractivity contribution is -0.198. The highest BCUT2D eigenvalue weighted by Gasteiger charge is 2.70. The predicted octanol–water partition coefficient (Wildman–Crippen LogP) is 5.11. The number of allylic oxidation sites excluding steroid dienone is 1. The van der Waals surface area contributed by atoms with Crippen LogP contribution >= 0.6 is 0 Å². The van der Waals surface area contributed by atoms with Crippen LogP contribution in [-0.4, -0.2) is 74.5 Å². The molecule has 4 fully saturated rings. The van der Waals surface area contributed by atoms with E-state index in [4.69, 9.17) is 9.47 Å². The van der Waals surface area contributed by atoms with E-state index in [0.717, 1.165) is 24.8 Å². The van der Waals surface area contributed by atoms with Gasteiger partial charge in [-0.1, -0.05) is 70.2 Å². The first kappa shape index (κ1) is 32.7. The lowest BCUT2D eigenvalue weighted by atomic mass is 9.45. The van der Waals surface area contributed by atoms with Gasteiger partial charge in [-0.15, -0.1) is 0 Å². The van der Waals surface area contributed by atoms with Crippen molar-refractivity contribution in [3.63, 3.8) is 0 Å². The first-order valence-corrected chi connectivity index (χ1v) is 17.7. The topological polar surface area (TPSA) is 116 Å². The number of ether oxygens (including phenoxy) is 2. The number of carbonyl (C=O) groups excluding carboxylic acids is 1. The highest BCUT2D eigenvalue weighted by atomic mass is 16.5. The maximum Gasteiger partial charge on any atom is 0.159 e. The summed E-state index contributed by atoms with van der Waals surface area (Å²) in [5.41, 5.74) is -2.11. The van der Waals surface area contributed by atoms with Crippen LogP contribution in [0, 0.1) is 40.4 Å². The Morgan fingerprint density at radius 2 is 1.76 bits per heavy atom. The summed E-state index contributed by atoms with van der Waals surface area (Å²) in [7, 11) is 0. The van der Waals surface area contributed by atoms with Gasteiger partial charge in [-0.05, 0) is 98.2 Å². The van der Waals surface area contributed by atoms with Crippen molar-refractivity contribution in [3.8, 4) is 0 Å². The number of rotatable bonds is 5. The maximum atomic E-state index is 14.1. The monoisotopic (exact) mass is 634 g/mol. The molecule has 0 amide bonds. The minimum atomic E-state index is -1.53. The van der Waals surface area contributed by atoms with E-state index in [0.29, 0.717) is 32.3 Å². The van der Waals surface area contributed by atoms with Gasteiger partial charge in [0.1, 0.15) is 6.10 Å². The first-order valence-electron chi connectivity index (χ1n) is 17.7. The third-order valence-corrected chi connectivity index (χ3v) is 14.7. The number of aliphatic hydroxyl groups excluding tert-OH is 2. The second-order valence-electron chi connectivity index (χ2n) is 16.7. The summed E-state index contributed by atoms with van der Waals surface area (Å²) in [6, 6.07) is 10.4. The van der Waals surface area contributed by atoms with Gasteiger partial charge >= 0.3 is 0 Å². The van der Waals surface area contributed by atoms with Crippen LogP contribution in [0.15, 0.2) is 54.1 Å². The van der Waals surface area contributed by atoms with Crippen LogP contribution in [0.3, 0.4) is 0 Å². The molecule has 252 valence electrons.